The number of hydrogen-bond donors (Lipinski definition) is 1. The smallest absolute Gasteiger partial charge is 0.275 e. The van der Waals surface area contributed by atoms with E-state index in [1.54, 1.807) is 12.1 Å². The average molecular weight is 300 g/mol. The molecule has 3 heterocycles. The van der Waals surface area contributed by atoms with Gasteiger partial charge in [-0.15, -0.1) is 0 Å². The molecule has 0 atom stereocenters. The Labute approximate surface area is 129 Å². The molecule has 0 radical (unpaired) electrons. The van der Waals surface area contributed by atoms with Gasteiger partial charge in [0.15, 0.2) is 5.82 Å². The summed E-state index contributed by atoms with van der Waals surface area (Å²) in [5, 5.41) is 6.62. The first-order valence-electron chi connectivity index (χ1n) is 7.34. The number of carbonyl (C=O) groups is 1. The van der Waals surface area contributed by atoms with Crippen LogP contribution in [0.5, 0.6) is 0 Å². The van der Waals surface area contributed by atoms with Crippen LogP contribution >= 0.6 is 0 Å². The topological polar surface area (TPSA) is 71.3 Å². The highest BCUT2D eigenvalue weighted by Crippen LogP contribution is 2.26. The molecule has 6 heteroatoms. The molecule has 22 heavy (non-hydrogen) atoms. The highest BCUT2D eigenvalue weighted by Gasteiger charge is 2.22. The third-order valence-electron chi connectivity index (χ3n) is 3.76. The normalized spacial score (nSPS) is 14.1. The molecule has 1 amide bonds. The molecule has 1 N–H and O–H groups in total. The van der Waals surface area contributed by atoms with Crippen LogP contribution in [0.25, 0.3) is 0 Å². The molecular formula is C16H20N4O2. The molecule has 0 bridgehead atoms. The van der Waals surface area contributed by atoms with Crippen molar-refractivity contribution in [3.8, 4) is 0 Å². The summed E-state index contributed by atoms with van der Waals surface area (Å²) in [6.45, 7) is 7.01. The van der Waals surface area contributed by atoms with Gasteiger partial charge in [0.2, 0.25) is 0 Å². The van der Waals surface area contributed by atoms with Crippen LogP contribution in [-0.4, -0.2) is 29.6 Å². The number of rotatable bonds is 2. The Morgan fingerprint density at radius 2 is 2.14 bits per heavy atom. The fourth-order valence-corrected chi connectivity index (χ4v) is 2.39. The second-order valence-electron chi connectivity index (χ2n) is 6.63. The van der Waals surface area contributed by atoms with Crippen molar-refractivity contribution in [1.29, 1.82) is 0 Å². The van der Waals surface area contributed by atoms with Gasteiger partial charge in [-0.2, -0.15) is 0 Å². The highest BCUT2D eigenvalue weighted by atomic mass is 16.5. The molecule has 1 aliphatic rings. The van der Waals surface area contributed by atoms with E-state index in [2.05, 4.69) is 20.4 Å². The zero-order chi connectivity index (χ0) is 15.9. The first-order valence-corrected chi connectivity index (χ1v) is 7.34. The molecule has 2 aromatic heterocycles. The minimum absolute atomic E-state index is 0.148. The molecule has 6 nitrogen and oxygen atoms in total. The minimum atomic E-state index is -0.281. The van der Waals surface area contributed by atoms with Crippen LogP contribution in [0.1, 0.15) is 42.6 Å². The van der Waals surface area contributed by atoms with E-state index in [1.165, 1.54) is 5.56 Å². The predicted molar refractivity (Wildman–Crippen MR) is 84.4 cm³/mol. The molecule has 0 spiro atoms. The lowest BCUT2D eigenvalue weighted by Crippen LogP contribution is -2.17. The van der Waals surface area contributed by atoms with Gasteiger partial charge in [-0.1, -0.05) is 32.0 Å². The van der Waals surface area contributed by atoms with Gasteiger partial charge in [0.05, 0.1) is 0 Å². The van der Waals surface area contributed by atoms with E-state index in [9.17, 15) is 4.79 Å². The van der Waals surface area contributed by atoms with E-state index < -0.39 is 0 Å². The molecule has 1 aliphatic heterocycles. The number of nitrogens with zero attached hydrogens (tertiary/aromatic N) is 3. The van der Waals surface area contributed by atoms with Crippen LogP contribution < -0.4 is 10.2 Å². The zero-order valence-electron chi connectivity index (χ0n) is 13.3. The minimum Gasteiger partial charge on any atom is -0.359 e. The van der Waals surface area contributed by atoms with Crippen molar-refractivity contribution in [2.45, 2.75) is 32.6 Å². The van der Waals surface area contributed by atoms with Gasteiger partial charge in [0, 0.05) is 25.1 Å². The Morgan fingerprint density at radius 3 is 2.82 bits per heavy atom. The lowest BCUT2D eigenvalue weighted by molar-refractivity contribution is 0.102. The summed E-state index contributed by atoms with van der Waals surface area (Å²) in [6, 6.07) is 5.46. The van der Waals surface area contributed by atoms with Gasteiger partial charge < -0.3 is 14.7 Å². The first-order chi connectivity index (χ1) is 10.3. The molecular weight excluding hydrogens is 280 g/mol. The fraction of sp³-hybridized carbons (Fsp3) is 0.438. The highest BCUT2D eigenvalue weighted by molar-refractivity contribution is 6.02. The second kappa shape index (κ2) is 5.12. The lowest BCUT2D eigenvalue weighted by Gasteiger charge is -2.12. The Kier molecular flexibility index (Phi) is 3.39. The summed E-state index contributed by atoms with van der Waals surface area (Å²) in [5.74, 6) is 1.73. The quantitative estimate of drug-likeness (QED) is 0.923. The molecule has 3 rings (SSSR count). The number of pyridine rings is 1. The van der Waals surface area contributed by atoms with E-state index in [1.807, 2.05) is 33.9 Å². The zero-order valence-corrected chi connectivity index (χ0v) is 13.3. The summed E-state index contributed by atoms with van der Waals surface area (Å²) in [4.78, 5) is 18.8. The van der Waals surface area contributed by atoms with Crippen molar-refractivity contribution in [3.05, 3.63) is 35.2 Å². The van der Waals surface area contributed by atoms with Gasteiger partial charge in [-0.3, -0.25) is 4.79 Å². The molecule has 0 aliphatic carbocycles. The van der Waals surface area contributed by atoms with Crippen LogP contribution in [0, 0.1) is 0 Å². The number of likely N-dealkylation sites (N-methyl/N-ethyl adjacent to an activating group) is 1. The van der Waals surface area contributed by atoms with Crippen molar-refractivity contribution >= 4 is 17.5 Å². The Balaban J connectivity index is 1.78. The van der Waals surface area contributed by atoms with E-state index in [4.69, 9.17) is 4.52 Å². The molecule has 2 aromatic rings. The summed E-state index contributed by atoms with van der Waals surface area (Å²) in [6.07, 6.45) is 0.971. The van der Waals surface area contributed by atoms with Gasteiger partial charge in [0.1, 0.15) is 17.3 Å². The Morgan fingerprint density at radius 1 is 1.36 bits per heavy atom. The third-order valence-corrected chi connectivity index (χ3v) is 3.76. The monoisotopic (exact) mass is 300 g/mol. The third kappa shape index (κ3) is 2.68. The predicted octanol–water partition coefficient (Wildman–Crippen LogP) is 2.61. The molecule has 116 valence electrons. The van der Waals surface area contributed by atoms with Crippen LogP contribution in [-0.2, 0) is 11.8 Å². The lowest BCUT2D eigenvalue weighted by atomic mass is 9.93. The maximum absolute atomic E-state index is 12.3. The summed E-state index contributed by atoms with van der Waals surface area (Å²) >= 11 is 0. The van der Waals surface area contributed by atoms with Crippen molar-refractivity contribution in [3.63, 3.8) is 0 Å². The second-order valence-corrected chi connectivity index (χ2v) is 6.63. The fourth-order valence-electron chi connectivity index (χ4n) is 2.39. The molecule has 0 unspecified atom stereocenters. The Bertz CT molecular complexity index is 715. The molecule has 0 saturated carbocycles. The van der Waals surface area contributed by atoms with Crippen LogP contribution in [0.3, 0.4) is 0 Å². The molecule has 0 aromatic carbocycles. The number of amides is 1. The number of carbonyl (C=O) groups excluding carboxylic acids is 1. The van der Waals surface area contributed by atoms with Gasteiger partial charge >= 0.3 is 0 Å². The summed E-state index contributed by atoms with van der Waals surface area (Å²) in [7, 11) is 1.98. The number of anilines is 2. The van der Waals surface area contributed by atoms with Crippen LogP contribution in [0.4, 0.5) is 11.6 Å². The van der Waals surface area contributed by atoms with E-state index >= 15 is 0 Å². The van der Waals surface area contributed by atoms with Crippen LogP contribution in [0.2, 0.25) is 0 Å². The van der Waals surface area contributed by atoms with Gasteiger partial charge in [-0.25, -0.2) is 4.98 Å². The maximum Gasteiger partial charge on any atom is 0.275 e. The van der Waals surface area contributed by atoms with Crippen molar-refractivity contribution in [2.75, 3.05) is 23.8 Å². The largest absolute Gasteiger partial charge is 0.359 e. The Hall–Kier alpha value is -2.37. The van der Waals surface area contributed by atoms with Gasteiger partial charge in [0.25, 0.3) is 5.91 Å². The summed E-state index contributed by atoms with van der Waals surface area (Å²) < 4.78 is 5.26. The van der Waals surface area contributed by atoms with Crippen LogP contribution in [0.15, 0.2) is 22.7 Å². The van der Waals surface area contributed by atoms with Gasteiger partial charge in [-0.05, 0) is 18.1 Å². The standard InChI is InChI=1S/C16H20N4O2/c1-16(2,3)12-9-13(19-22-12)18-15(21)11-6-5-10-7-8-20(4)14(10)17-11/h5-6,9H,7-8H2,1-4H3,(H,18,19,21). The molecule has 0 fully saturated rings. The first kappa shape index (κ1) is 14.6. The molecule has 0 saturated heterocycles. The maximum atomic E-state index is 12.3. The number of hydrogen-bond acceptors (Lipinski definition) is 5. The van der Waals surface area contributed by atoms with Crippen molar-refractivity contribution in [1.82, 2.24) is 10.1 Å². The van der Waals surface area contributed by atoms with E-state index in [0.717, 1.165) is 24.5 Å². The number of fused-ring (bicyclic) bond motifs is 1. The van der Waals surface area contributed by atoms with E-state index in [-0.39, 0.29) is 11.3 Å². The van der Waals surface area contributed by atoms with Crippen molar-refractivity contribution < 1.29 is 9.32 Å². The SMILES string of the molecule is CN1CCc2ccc(C(=O)Nc3cc(C(C)(C)C)on3)nc21. The summed E-state index contributed by atoms with van der Waals surface area (Å²) in [5.41, 5.74) is 1.41. The average Bonchev–Trinajstić information content (AvgIpc) is 3.06. The number of aromatic nitrogens is 2. The van der Waals surface area contributed by atoms with Crippen molar-refractivity contribution in [2.24, 2.45) is 0 Å². The van der Waals surface area contributed by atoms with E-state index in [0.29, 0.717) is 11.5 Å². The number of nitrogens with one attached hydrogen (secondary N) is 1.